The first-order chi connectivity index (χ1) is 10.2. The highest BCUT2D eigenvalue weighted by molar-refractivity contribution is 5.55. The SMILES string of the molecule is Fc1ccc(Nc2nncc(N3CCOCC3)n2)c(F)c1. The molecule has 1 aliphatic heterocycles. The molecule has 2 heterocycles. The van der Waals surface area contributed by atoms with E-state index in [0.717, 1.165) is 12.1 Å². The molecule has 2 aromatic rings. The maximum absolute atomic E-state index is 13.6. The van der Waals surface area contributed by atoms with Crippen molar-refractivity contribution in [1.29, 1.82) is 0 Å². The summed E-state index contributed by atoms with van der Waals surface area (Å²) in [6.07, 6.45) is 1.54. The van der Waals surface area contributed by atoms with Crippen molar-refractivity contribution in [3.63, 3.8) is 0 Å². The minimum absolute atomic E-state index is 0.0947. The van der Waals surface area contributed by atoms with Crippen LogP contribution in [0.1, 0.15) is 0 Å². The van der Waals surface area contributed by atoms with E-state index in [4.69, 9.17) is 4.74 Å². The third kappa shape index (κ3) is 3.22. The Kier molecular flexibility index (Phi) is 3.87. The summed E-state index contributed by atoms with van der Waals surface area (Å²) in [6.45, 7) is 2.67. The smallest absolute Gasteiger partial charge is 0.249 e. The lowest BCUT2D eigenvalue weighted by Gasteiger charge is -2.27. The van der Waals surface area contributed by atoms with Gasteiger partial charge in [0.25, 0.3) is 0 Å². The van der Waals surface area contributed by atoms with Crippen molar-refractivity contribution in [2.75, 3.05) is 36.5 Å². The van der Waals surface area contributed by atoms with Crippen LogP contribution in [0, 0.1) is 11.6 Å². The fourth-order valence-corrected chi connectivity index (χ4v) is 2.00. The zero-order valence-corrected chi connectivity index (χ0v) is 11.1. The molecule has 0 spiro atoms. The Balaban J connectivity index is 1.79. The number of anilines is 3. The van der Waals surface area contributed by atoms with E-state index in [2.05, 4.69) is 20.5 Å². The minimum Gasteiger partial charge on any atom is -0.378 e. The molecule has 0 radical (unpaired) electrons. The molecule has 1 saturated heterocycles. The van der Waals surface area contributed by atoms with Crippen LogP contribution in [0.25, 0.3) is 0 Å². The van der Waals surface area contributed by atoms with Crippen LogP contribution in [0.2, 0.25) is 0 Å². The standard InChI is InChI=1S/C13H13F2N5O/c14-9-1-2-11(10(15)7-9)17-13-18-12(8-16-19-13)20-3-5-21-6-4-20/h1-2,7-8H,3-6H2,(H,17,18,19). The van der Waals surface area contributed by atoms with Gasteiger partial charge in [-0.3, -0.25) is 0 Å². The molecule has 1 fully saturated rings. The fraction of sp³-hybridized carbons (Fsp3) is 0.308. The molecule has 21 heavy (non-hydrogen) atoms. The maximum atomic E-state index is 13.6. The predicted molar refractivity (Wildman–Crippen MR) is 72.5 cm³/mol. The normalized spacial score (nSPS) is 15.0. The number of nitrogens with one attached hydrogen (secondary N) is 1. The summed E-state index contributed by atoms with van der Waals surface area (Å²) in [5, 5.41) is 10.3. The Bertz CT molecular complexity index is 634. The quantitative estimate of drug-likeness (QED) is 0.930. The average molecular weight is 293 g/mol. The summed E-state index contributed by atoms with van der Waals surface area (Å²) in [6, 6.07) is 3.24. The molecule has 0 bridgehead atoms. The summed E-state index contributed by atoms with van der Waals surface area (Å²) in [5.74, 6) is -0.558. The third-order valence-electron chi connectivity index (χ3n) is 3.06. The van der Waals surface area contributed by atoms with Crippen molar-refractivity contribution in [2.24, 2.45) is 0 Å². The fourth-order valence-electron chi connectivity index (χ4n) is 2.00. The molecule has 1 aromatic heterocycles. The molecule has 1 N–H and O–H groups in total. The molecule has 110 valence electrons. The van der Waals surface area contributed by atoms with Gasteiger partial charge in [-0.05, 0) is 12.1 Å². The zero-order valence-electron chi connectivity index (χ0n) is 11.1. The Morgan fingerprint density at radius 3 is 2.76 bits per heavy atom. The predicted octanol–water partition coefficient (Wildman–Crippen LogP) is 1.73. The number of aromatic nitrogens is 3. The molecule has 0 unspecified atom stereocenters. The van der Waals surface area contributed by atoms with Crippen LogP contribution in [0.15, 0.2) is 24.4 Å². The zero-order chi connectivity index (χ0) is 14.7. The lowest BCUT2D eigenvalue weighted by Crippen LogP contribution is -2.37. The second-order valence-electron chi connectivity index (χ2n) is 4.49. The van der Waals surface area contributed by atoms with Crippen molar-refractivity contribution in [2.45, 2.75) is 0 Å². The Hall–Kier alpha value is -2.35. The first-order valence-electron chi connectivity index (χ1n) is 6.47. The van der Waals surface area contributed by atoms with E-state index in [-0.39, 0.29) is 11.6 Å². The largest absolute Gasteiger partial charge is 0.378 e. The van der Waals surface area contributed by atoms with Gasteiger partial charge in [0.2, 0.25) is 5.95 Å². The number of nitrogens with zero attached hydrogens (tertiary/aromatic N) is 4. The van der Waals surface area contributed by atoms with Crippen LogP contribution >= 0.6 is 0 Å². The summed E-state index contributed by atoms with van der Waals surface area (Å²) in [5.41, 5.74) is 0.0947. The topological polar surface area (TPSA) is 63.2 Å². The Labute approximate surface area is 119 Å². The second kappa shape index (κ2) is 5.96. The van der Waals surface area contributed by atoms with Gasteiger partial charge in [0.05, 0.1) is 25.1 Å². The molecular weight excluding hydrogens is 280 g/mol. The van der Waals surface area contributed by atoms with E-state index >= 15 is 0 Å². The number of hydrogen-bond donors (Lipinski definition) is 1. The molecule has 1 aliphatic rings. The van der Waals surface area contributed by atoms with Gasteiger partial charge in [-0.1, -0.05) is 0 Å². The molecule has 0 amide bonds. The molecule has 0 aliphatic carbocycles. The van der Waals surface area contributed by atoms with E-state index in [1.807, 2.05) is 4.90 Å². The number of rotatable bonds is 3. The molecule has 0 atom stereocenters. The van der Waals surface area contributed by atoms with Crippen LogP contribution < -0.4 is 10.2 Å². The monoisotopic (exact) mass is 293 g/mol. The molecule has 6 nitrogen and oxygen atoms in total. The lowest BCUT2D eigenvalue weighted by molar-refractivity contribution is 0.122. The van der Waals surface area contributed by atoms with E-state index in [1.54, 1.807) is 0 Å². The van der Waals surface area contributed by atoms with Gasteiger partial charge in [0, 0.05) is 19.2 Å². The second-order valence-corrected chi connectivity index (χ2v) is 4.49. The van der Waals surface area contributed by atoms with Gasteiger partial charge < -0.3 is 15.0 Å². The first kappa shape index (κ1) is 13.6. The van der Waals surface area contributed by atoms with Gasteiger partial charge in [-0.15, -0.1) is 5.10 Å². The summed E-state index contributed by atoms with van der Waals surface area (Å²) >= 11 is 0. The van der Waals surface area contributed by atoms with E-state index in [9.17, 15) is 8.78 Å². The number of benzene rings is 1. The average Bonchev–Trinajstić information content (AvgIpc) is 2.51. The van der Waals surface area contributed by atoms with Crippen molar-refractivity contribution >= 4 is 17.5 Å². The maximum Gasteiger partial charge on any atom is 0.249 e. The van der Waals surface area contributed by atoms with Crippen LogP contribution in [-0.4, -0.2) is 41.5 Å². The first-order valence-corrected chi connectivity index (χ1v) is 6.47. The lowest BCUT2D eigenvalue weighted by atomic mass is 10.3. The van der Waals surface area contributed by atoms with Crippen molar-refractivity contribution in [3.8, 4) is 0 Å². The van der Waals surface area contributed by atoms with Gasteiger partial charge in [0.15, 0.2) is 5.82 Å². The minimum atomic E-state index is -0.713. The van der Waals surface area contributed by atoms with Crippen LogP contribution in [0.3, 0.4) is 0 Å². The van der Waals surface area contributed by atoms with Gasteiger partial charge in [0.1, 0.15) is 11.6 Å². The van der Waals surface area contributed by atoms with Crippen LogP contribution in [-0.2, 0) is 4.74 Å². The van der Waals surface area contributed by atoms with Gasteiger partial charge in [-0.25, -0.2) is 8.78 Å². The van der Waals surface area contributed by atoms with Crippen LogP contribution in [0.4, 0.5) is 26.2 Å². The summed E-state index contributed by atoms with van der Waals surface area (Å²) < 4.78 is 31.7. The molecule has 0 saturated carbocycles. The number of ether oxygens (including phenoxy) is 1. The highest BCUT2D eigenvalue weighted by Crippen LogP contribution is 2.19. The van der Waals surface area contributed by atoms with E-state index in [1.165, 1.54) is 12.3 Å². The highest BCUT2D eigenvalue weighted by Gasteiger charge is 2.14. The van der Waals surface area contributed by atoms with Crippen LogP contribution in [0.5, 0.6) is 0 Å². The Morgan fingerprint density at radius 2 is 2.00 bits per heavy atom. The number of hydrogen-bond acceptors (Lipinski definition) is 6. The Morgan fingerprint density at radius 1 is 1.19 bits per heavy atom. The van der Waals surface area contributed by atoms with Crippen molar-refractivity contribution in [1.82, 2.24) is 15.2 Å². The van der Waals surface area contributed by atoms with E-state index in [0.29, 0.717) is 32.1 Å². The molecule has 8 heteroatoms. The molecular formula is C13H13F2N5O. The third-order valence-corrected chi connectivity index (χ3v) is 3.06. The van der Waals surface area contributed by atoms with Gasteiger partial charge >= 0.3 is 0 Å². The van der Waals surface area contributed by atoms with Crippen molar-refractivity contribution < 1.29 is 13.5 Å². The number of morpholine rings is 1. The van der Waals surface area contributed by atoms with Gasteiger partial charge in [-0.2, -0.15) is 10.1 Å². The highest BCUT2D eigenvalue weighted by atomic mass is 19.1. The molecule has 3 rings (SSSR count). The van der Waals surface area contributed by atoms with E-state index < -0.39 is 11.6 Å². The summed E-state index contributed by atoms with van der Waals surface area (Å²) in [4.78, 5) is 6.28. The van der Waals surface area contributed by atoms with Crippen molar-refractivity contribution in [3.05, 3.63) is 36.0 Å². The summed E-state index contributed by atoms with van der Waals surface area (Å²) in [7, 11) is 0. The molecule has 1 aromatic carbocycles. The number of halogens is 2.